The van der Waals surface area contributed by atoms with Gasteiger partial charge in [0.05, 0.1) is 45.0 Å². The second kappa shape index (κ2) is 7.02. The smallest absolute Gasteiger partial charge is 0.339 e. The van der Waals surface area contributed by atoms with Gasteiger partial charge in [0, 0.05) is 11.1 Å². The van der Waals surface area contributed by atoms with Gasteiger partial charge in [-0.15, -0.1) is 0 Å². The van der Waals surface area contributed by atoms with E-state index in [2.05, 4.69) is 9.72 Å². The molecule has 0 aliphatic carbocycles. The van der Waals surface area contributed by atoms with E-state index < -0.39 is 16.8 Å². The predicted octanol–water partition coefficient (Wildman–Crippen LogP) is 3.48. The molecule has 0 amide bonds. The van der Waals surface area contributed by atoms with Crippen LogP contribution in [-0.4, -0.2) is 22.3 Å². The Morgan fingerprint density at radius 3 is 2.57 bits per heavy atom. The van der Waals surface area contributed by atoms with E-state index in [9.17, 15) is 9.00 Å². The highest BCUT2D eigenvalue weighted by molar-refractivity contribution is 7.84. The first kappa shape index (κ1) is 15.9. The molecule has 4 nitrogen and oxygen atoms in total. The molecule has 2 aromatic rings. The Kier molecular flexibility index (Phi) is 5.33. The number of rotatable bonds is 4. The van der Waals surface area contributed by atoms with Crippen LogP contribution >= 0.6 is 23.2 Å². The third-order valence-corrected chi connectivity index (χ3v) is 4.76. The Morgan fingerprint density at radius 1 is 1.24 bits per heavy atom. The van der Waals surface area contributed by atoms with Crippen LogP contribution < -0.4 is 0 Å². The second-order valence-electron chi connectivity index (χ2n) is 4.10. The van der Waals surface area contributed by atoms with Gasteiger partial charge in [-0.1, -0.05) is 23.2 Å². The number of methoxy groups -OCH3 is 1. The zero-order chi connectivity index (χ0) is 15.4. The van der Waals surface area contributed by atoms with Gasteiger partial charge in [-0.2, -0.15) is 0 Å². The molecule has 1 unspecified atom stereocenters. The van der Waals surface area contributed by atoms with Gasteiger partial charge in [0.15, 0.2) is 0 Å². The molecular weight excluding hydrogens is 333 g/mol. The number of hydrogen-bond donors (Lipinski definition) is 0. The number of pyridine rings is 1. The van der Waals surface area contributed by atoms with Gasteiger partial charge in [0.2, 0.25) is 0 Å². The number of carbonyl (C=O) groups is 1. The quantitative estimate of drug-likeness (QED) is 0.797. The topological polar surface area (TPSA) is 56.3 Å². The minimum Gasteiger partial charge on any atom is -0.465 e. The molecule has 0 aliphatic heterocycles. The Balaban J connectivity index is 2.12. The average Bonchev–Trinajstić information content (AvgIpc) is 2.50. The molecule has 110 valence electrons. The highest BCUT2D eigenvalue weighted by Gasteiger charge is 2.10. The van der Waals surface area contributed by atoms with Crippen molar-refractivity contribution >= 4 is 40.0 Å². The van der Waals surface area contributed by atoms with Gasteiger partial charge in [0.1, 0.15) is 0 Å². The fraction of sp³-hybridized carbons (Fsp3) is 0.143. The maximum absolute atomic E-state index is 12.2. The van der Waals surface area contributed by atoms with Crippen molar-refractivity contribution in [2.75, 3.05) is 7.11 Å². The van der Waals surface area contributed by atoms with Crippen molar-refractivity contribution in [2.45, 2.75) is 10.6 Å². The van der Waals surface area contributed by atoms with Crippen LogP contribution in [0.2, 0.25) is 10.0 Å². The molecule has 1 aromatic carbocycles. The summed E-state index contributed by atoms with van der Waals surface area (Å²) in [7, 11) is 0.00737. The normalized spacial score (nSPS) is 12.0. The van der Waals surface area contributed by atoms with Crippen LogP contribution in [0.25, 0.3) is 0 Å². The van der Waals surface area contributed by atoms with Gasteiger partial charge >= 0.3 is 5.97 Å². The van der Waals surface area contributed by atoms with Gasteiger partial charge in [-0.25, -0.2) is 4.79 Å². The van der Waals surface area contributed by atoms with Gasteiger partial charge in [0.25, 0.3) is 0 Å². The predicted molar refractivity (Wildman–Crippen MR) is 82.2 cm³/mol. The van der Waals surface area contributed by atoms with E-state index in [4.69, 9.17) is 23.2 Å². The van der Waals surface area contributed by atoms with Crippen molar-refractivity contribution < 1.29 is 13.7 Å². The molecule has 0 spiro atoms. The summed E-state index contributed by atoms with van der Waals surface area (Å²) in [5.41, 5.74) is 0.952. The molecule has 0 bridgehead atoms. The number of ether oxygens (including phenoxy) is 1. The van der Waals surface area contributed by atoms with Gasteiger partial charge in [-0.3, -0.25) is 9.19 Å². The lowest BCUT2D eigenvalue weighted by Crippen LogP contribution is -2.04. The van der Waals surface area contributed by atoms with Crippen LogP contribution in [-0.2, 0) is 21.3 Å². The van der Waals surface area contributed by atoms with Crippen LogP contribution in [0.4, 0.5) is 0 Å². The summed E-state index contributed by atoms with van der Waals surface area (Å²) >= 11 is 11.7. The van der Waals surface area contributed by atoms with Crippen LogP contribution in [0.1, 0.15) is 16.1 Å². The van der Waals surface area contributed by atoms with E-state index in [0.29, 0.717) is 26.2 Å². The lowest BCUT2D eigenvalue weighted by molar-refractivity contribution is 0.0600. The fourth-order valence-electron chi connectivity index (χ4n) is 1.58. The van der Waals surface area contributed by atoms with E-state index in [0.717, 1.165) is 0 Å². The highest BCUT2D eigenvalue weighted by atomic mass is 35.5. The minimum atomic E-state index is -1.29. The summed E-state index contributed by atoms with van der Waals surface area (Å²) in [6.45, 7) is 0. The zero-order valence-corrected chi connectivity index (χ0v) is 13.3. The van der Waals surface area contributed by atoms with Crippen LogP contribution in [0, 0.1) is 0 Å². The Hall–Kier alpha value is -1.43. The van der Waals surface area contributed by atoms with E-state index in [1.54, 1.807) is 30.3 Å². The largest absolute Gasteiger partial charge is 0.465 e. The van der Waals surface area contributed by atoms with Crippen molar-refractivity contribution in [2.24, 2.45) is 0 Å². The molecule has 0 aliphatic rings. The first-order valence-electron chi connectivity index (χ1n) is 5.88. The average molecular weight is 344 g/mol. The summed E-state index contributed by atoms with van der Waals surface area (Å²) in [5, 5.41) is 0.773. The van der Waals surface area contributed by atoms with E-state index >= 15 is 0 Å². The van der Waals surface area contributed by atoms with Crippen molar-refractivity contribution in [1.82, 2.24) is 4.98 Å². The third kappa shape index (κ3) is 4.03. The van der Waals surface area contributed by atoms with Crippen LogP contribution in [0.3, 0.4) is 0 Å². The van der Waals surface area contributed by atoms with Gasteiger partial charge in [-0.05, 0) is 30.3 Å². The minimum absolute atomic E-state index is 0.222. The van der Waals surface area contributed by atoms with Crippen molar-refractivity contribution in [3.8, 4) is 0 Å². The molecule has 21 heavy (non-hydrogen) atoms. The number of benzene rings is 1. The molecule has 2 rings (SSSR count). The monoisotopic (exact) mass is 343 g/mol. The number of halogens is 2. The van der Waals surface area contributed by atoms with E-state index in [1.165, 1.54) is 13.3 Å². The lowest BCUT2D eigenvalue weighted by Gasteiger charge is -2.04. The molecule has 7 heteroatoms. The van der Waals surface area contributed by atoms with Crippen molar-refractivity contribution in [3.05, 3.63) is 57.8 Å². The molecule has 0 radical (unpaired) electrons. The lowest BCUT2D eigenvalue weighted by atomic mass is 10.2. The standard InChI is InChI=1S/C14H11Cl2NO3S/c1-20-14(18)9-2-3-10(17-7-9)8-21(19)11-4-5-12(15)13(16)6-11/h2-7H,8H2,1H3. The molecule has 0 saturated carbocycles. The zero-order valence-electron chi connectivity index (χ0n) is 11.0. The van der Waals surface area contributed by atoms with Crippen molar-refractivity contribution in [1.29, 1.82) is 0 Å². The Bertz CT molecular complexity index is 689. The second-order valence-corrected chi connectivity index (χ2v) is 6.36. The molecular formula is C14H11Cl2NO3S. The highest BCUT2D eigenvalue weighted by Crippen LogP contribution is 2.24. The van der Waals surface area contributed by atoms with Gasteiger partial charge < -0.3 is 4.74 Å². The Labute approximate surface area is 134 Å². The van der Waals surface area contributed by atoms with Crippen LogP contribution in [0.15, 0.2) is 41.4 Å². The summed E-state index contributed by atoms with van der Waals surface area (Å²) in [6.07, 6.45) is 1.40. The summed E-state index contributed by atoms with van der Waals surface area (Å²) < 4.78 is 16.8. The van der Waals surface area contributed by atoms with E-state index in [-0.39, 0.29) is 5.75 Å². The molecule has 0 saturated heterocycles. The first-order chi connectivity index (χ1) is 10.0. The molecule has 0 N–H and O–H groups in total. The summed E-state index contributed by atoms with van der Waals surface area (Å²) in [4.78, 5) is 16.0. The maximum Gasteiger partial charge on any atom is 0.339 e. The summed E-state index contributed by atoms with van der Waals surface area (Å²) in [5.74, 6) is -0.237. The van der Waals surface area contributed by atoms with E-state index in [1.807, 2.05) is 0 Å². The maximum atomic E-state index is 12.2. The number of hydrogen-bond acceptors (Lipinski definition) is 4. The fourth-order valence-corrected chi connectivity index (χ4v) is 3.02. The van der Waals surface area contributed by atoms with Crippen molar-refractivity contribution in [3.63, 3.8) is 0 Å². The summed E-state index contributed by atoms with van der Waals surface area (Å²) in [6, 6.07) is 8.06. The Morgan fingerprint density at radius 2 is 2.00 bits per heavy atom. The number of carbonyl (C=O) groups excluding carboxylic acids is 1. The molecule has 0 fully saturated rings. The first-order valence-corrected chi connectivity index (χ1v) is 7.95. The SMILES string of the molecule is COC(=O)c1ccc(CS(=O)c2ccc(Cl)c(Cl)c2)nc1. The number of nitrogens with zero attached hydrogens (tertiary/aromatic N) is 1. The molecule has 1 atom stereocenters. The third-order valence-electron chi connectivity index (χ3n) is 2.68. The molecule has 1 aromatic heterocycles. The molecule has 1 heterocycles. The number of esters is 1. The number of aromatic nitrogens is 1. The van der Waals surface area contributed by atoms with Crippen LogP contribution in [0.5, 0.6) is 0 Å².